The highest BCUT2D eigenvalue weighted by Crippen LogP contribution is 2.13. The molecule has 1 saturated heterocycles. The van der Waals surface area contributed by atoms with Crippen molar-refractivity contribution >= 4 is 18.7 Å². The number of hydrogen-bond acceptors (Lipinski definition) is 3. The van der Waals surface area contributed by atoms with Gasteiger partial charge in [-0.2, -0.15) is 0 Å². The summed E-state index contributed by atoms with van der Waals surface area (Å²) in [7, 11) is 0. The summed E-state index contributed by atoms with van der Waals surface area (Å²) in [5.41, 5.74) is 0.672. The van der Waals surface area contributed by atoms with Crippen molar-refractivity contribution in [1.29, 1.82) is 0 Å². The number of rotatable bonds is 7. The van der Waals surface area contributed by atoms with Gasteiger partial charge in [-0.05, 0) is 57.5 Å². The zero-order chi connectivity index (χ0) is 13.3. The van der Waals surface area contributed by atoms with Crippen LogP contribution in [0.5, 0.6) is 5.75 Å². The fourth-order valence-corrected chi connectivity index (χ4v) is 2.49. The summed E-state index contributed by atoms with van der Waals surface area (Å²) in [6, 6.07) is 7.33. The maximum absolute atomic E-state index is 10.6. The Balaban J connectivity index is 0.00000200. The fraction of sp³-hybridized carbons (Fsp3) is 0.562. The lowest BCUT2D eigenvalue weighted by Gasteiger charge is -2.26. The monoisotopic (exact) mass is 297 g/mol. The highest BCUT2D eigenvalue weighted by Gasteiger charge is 2.08. The highest BCUT2D eigenvalue weighted by molar-refractivity contribution is 5.85. The minimum absolute atomic E-state index is 0. The van der Waals surface area contributed by atoms with Crippen molar-refractivity contribution in [2.75, 3.05) is 26.2 Å². The predicted octanol–water partition coefficient (Wildman–Crippen LogP) is 3.57. The van der Waals surface area contributed by atoms with E-state index in [9.17, 15) is 4.79 Å². The van der Waals surface area contributed by atoms with Gasteiger partial charge in [-0.25, -0.2) is 0 Å². The van der Waals surface area contributed by atoms with E-state index in [0.717, 1.165) is 25.1 Å². The molecular weight excluding hydrogens is 274 g/mol. The second-order valence-corrected chi connectivity index (χ2v) is 5.15. The molecule has 0 bridgehead atoms. The van der Waals surface area contributed by atoms with Gasteiger partial charge in [0.15, 0.2) is 0 Å². The Morgan fingerprint density at radius 2 is 1.95 bits per heavy atom. The molecule has 0 amide bonds. The molecule has 0 N–H and O–H groups in total. The summed E-state index contributed by atoms with van der Waals surface area (Å²) in [6.07, 6.45) is 7.22. The largest absolute Gasteiger partial charge is 0.494 e. The van der Waals surface area contributed by atoms with Gasteiger partial charge in [0.1, 0.15) is 12.0 Å². The Bertz CT molecular complexity index is 392. The van der Waals surface area contributed by atoms with E-state index in [-0.39, 0.29) is 12.4 Å². The van der Waals surface area contributed by atoms with Gasteiger partial charge < -0.3 is 9.64 Å². The summed E-state index contributed by atoms with van der Waals surface area (Å²) >= 11 is 0. The van der Waals surface area contributed by atoms with E-state index in [0.29, 0.717) is 5.56 Å². The lowest BCUT2D eigenvalue weighted by molar-refractivity contribution is 0.112. The number of halogens is 1. The van der Waals surface area contributed by atoms with Crippen LogP contribution < -0.4 is 4.74 Å². The number of aldehydes is 1. The standard InChI is InChI=1S/C16H23NO2.ClH/c18-14-15-7-6-8-16(13-15)19-12-5-4-11-17-9-2-1-3-10-17;/h6-8,13-14H,1-5,9-12H2;1H. The topological polar surface area (TPSA) is 29.5 Å². The molecule has 0 spiro atoms. The molecule has 112 valence electrons. The average molecular weight is 298 g/mol. The molecule has 4 heteroatoms. The van der Waals surface area contributed by atoms with E-state index >= 15 is 0 Å². The Morgan fingerprint density at radius 3 is 2.70 bits per heavy atom. The van der Waals surface area contributed by atoms with E-state index in [2.05, 4.69) is 4.90 Å². The second-order valence-electron chi connectivity index (χ2n) is 5.15. The van der Waals surface area contributed by atoms with Crippen molar-refractivity contribution in [2.24, 2.45) is 0 Å². The third-order valence-electron chi connectivity index (χ3n) is 3.58. The first-order valence-electron chi connectivity index (χ1n) is 7.29. The van der Waals surface area contributed by atoms with Crippen LogP contribution in [0.4, 0.5) is 0 Å². The third-order valence-corrected chi connectivity index (χ3v) is 3.58. The zero-order valence-corrected chi connectivity index (χ0v) is 12.7. The van der Waals surface area contributed by atoms with Crippen LogP contribution in [0.1, 0.15) is 42.5 Å². The summed E-state index contributed by atoms with van der Waals surface area (Å²) in [5.74, 6) is 0.794. The van der Waals surface area contributed by atoms with Gasteiger partial charge >= 0.3 is 0 Å². The van der Waals surface area contributed by atoms with Gasteiger partial charge in [0, 0.05) is 5.56 Å². The number of nitrogens with zero attached hydrogens (tertiary/aromatic N) is 1. The molecule has 0 unspecified atom stereocenters. The van der Waals surface area contributed by atoms with E-state index < -0.39 is 0 Å². The number of piperidine rings is 1. The number of unbranched alkanes of at least 4 members (excludes halogenated alkanes) is 1. The summed E-state index contributed by atoms with van der Waals surface area (Å²) in [6.45, 7) is 4.46. The Labute approximate surface area is 127 Å². The molecule has 3 nitrogen and oxygen atoms in total. The molecule has 1 aromatic carbocycles. The first-order valence-corrected chi connectivity index (χ1v) is 7.29. The first-order chi connectivity index (χ1) is 9.38. The van der Waals surface area contributed by atoms with Crippen LogP contribution >= 0.6 is 12.4 Å². The van der Waals surface area contributed by atoms with Crippen LogP contribution in [0, 0.1) is 0 Å². The van der Waals surface area contributed by atoms with Crippen LogP contribution in [-0.2, 0) is 0 Å². The van der Waals surface area contributed by atoms with Crippen molar-refractivity contribution in [2.45, 2.75) is 32.1 Å². The average Bonchev–Trinajstić information content (AvgIpc) is 2.48. The summed E-state index contributed by atoms with van der Waals surface area (Å²) in [5, 5.41) is 0. The van der Waals surface area contributed by atoms with Crippen molar-refractivity contribution in [3.63, 3.8) is 0 Å². The van der Waals surface area contributed by atoms with Gasteiger partial charge in [0.05, 0.1) is 6.61 Å². The van der Waals surface area contributed by atoms with Crippen LogP contribution in [0.3, 0.4) is 0 Å². The lowest BCUT2D eigenvalue weighted by atomic mass is 10.1. The number of likely N-dealkylation sites (tertiary alicyclic amines) is 1. The van der Waals surface area contributed by atoms with E-state index in [1.54, 1.807) is 12.1 Å². The van der Waals surface area contributed by atoms with Crippen molar-refractivity contribution in [1.82, 2.24) is 4.90 Å². The zero-order valence-electron chi connectivity index (χ0n) is 11.9. The van der Waals surface area contributed by atoms with Gasteiger partial charge in [-0.1, -0.05) is 18.6 Å². The minimum atomic E-state index is 0. The molecule has 0 radical (unpaired) electrons. The smallest absolute Gasteiger partial charge is 0.150 e. The molecule has 0 aliphatic carbocycles. The Morgan fingerprint density at radius 1 is 1.15 bits per heavy atom. The lowest BCUT2D eigenvalue weighted by Crippen LogP contribution is -2.30. The van der Waals surface area contributed by atoms with E-state index in [1.807, 2.05) is 12.1 Å². The number of benzene rings is 1. The first kappa shape index (κ1) is 17.0. The van der Waals surface area contributed by atoms with E-state index in [4.69, 9.17) is 4.74 Å². The molecule has 1 fully saturated rings. The van der Waals surface area contributed by atoms with Crippen LogP contribution in [-0.4, -0.2) is 37.4 Å². The molecule has 0 atom stereocenters. The summed E-state index contributed by atoms with van der Waals surface area (Å²) in [4.78, 5) is 13.2. The Kier molecular flexibility index (Phi) is 8.31. The van der Waals surface area contributed by atoms with Crippen molar-refractivity contribution in [3.8, 4) is 5.75 Å². The van der Waals surface area contributed by atoms with Gasteiger partial charge in [-0.15, -0.1) is 12.4 Å². The number of carbonyl (C=O) groups is 1. The predicted molar refractivity (Wildman–Crippen MR) is 84.1 cm³/mol. The third kappa shape index (κ3) is 5.93. The molecule has 2 rings (SSSR count). The van der Waals surface area contributed by atoms with E-state index in [1.165, 1.54) is 45.3 Å². The molecule has 1 heterocycles. The fourth-order valence-electron chi connectivity index (χ4n) is 2.49. The van der Waals surface area contributed by atoms with Gasteiger partial charge in [0.25, 0.3) is 0 Å². The van der Waals surface area contributed by atoms with Crippen LogP contribution in [0.25, 0.3) is 0 Å². The molecule has 0 saturated carbocycles. The Hall–Kier alpha value is -1.06. The molecule has 20 heavy (non-hydrogen) atoms. The normalized spacial score (nSPS) is 15.4. The maximum atomic E-state index is 10.6. The molecule has 1 aromatic rings. The van der Waals surface area contributed by atoms with Crippen LogP contribution in [0.2, 0.25) is 0 Å². The number of carbonyl (C=O) groups excluding carboxylic acids is 1. The van der Waals surface area contributed by atoms with Gasteiger partial charge in [0.2, 0.25) is 0 Å². The van der Waals surface area contributed by atoms with Crippen LogP contribution in [0.15, 0.2) is 24.3 Å². The molecule has 1 aliphatic heterocycles. The SMILES string of the molecule is Cl.O=Cc1cccc(OCCCCN2CCCCC2)c1. The quantitative estimate of drug-likeness (QED) is 0.569. The number of hydrogen-bond donors (Lipinski definition) is 0. The summed E-state index contributed by atoms with van der Waals surface area (Å²) < 4.78 is 5.66. The van der Waals surface area contributed by atoms with Crippen molar-refractivity contribution in [3.05, 3.63) is 29.8 Å². The number of ether oxygens (including phenoxy) is 1. The van der Waals surface area contributed by atoms with Crippen molar-refractivity contribution < 1.29 is 9.53 Å². The highest BCUT2D eigenvalue weighted by atomic mass is 35.5. The van der Waals surface area contributed by atoms with Gasteiger partial charge in [-0.3, -0.25) is 4.79 Å². The molecule has 1 aliphatic rings. The second kappa shape index (κ2) is 9.78. The molecular formula is C16H24ClNO2. The molecule has 0 aromatic heterocycles. The minimum Gasteiger partial charge on any atom is -0.494 e. The maximum Gasteiger partial charge on any atom is 0.150 e.